The summed E-state index contributed by atoms with van der Waals surface area (Å²) < 4.78 is 0. The quantitative estimate of drug-likeness (QED) is 0.514. The number of hydrogen-bond donors (Lipinski definition) is 3. The molecule has 0 saturated carbocycles. The van der Waals surface area contributed by atoms with Crippen LogP contribution in [0, 0.1) is 0 Å². The molecule has 5 nitrogen and oxygen atoms in total. The highest BCUT2D eigenvalue weighted by Crippen LogP contribution is 2.37. The van der Waals surface area contributed by atoms with Gasteiger partial charge < -0.3 is 11.5 Å². The second-order valence-electron chi connectivity index (χ2n) is 5.50. The number of hydrogen-bond acceptors (Lipinski definition) is 4. The van der Waals surface area contributed by atoms with Gasteiger partial charge in [-0.2, -0.15) is 5.10 Å². The predicted octanol–water partition coefficient (Wildman–Crippen LogP) is 4.11. The maximum Gasteiger partial charge on any atom is 0.153 e. The van der Waals surface area contributed by atoms with Gasteiger partial charge in [0.15, 0.2) is 5.82 Å². The van der Waals surface area contributed by atoms with Crippen molar-refractivity contribution in [2.75, 3.05) is 11.5 Å². The zero-order valence-corrected chi connectivity index (χ0v) is 13.4. The Labute approximate surface area is 143 Å². The molecule has 118 valence electrons. The maximum atomic E-state index is 6.39. The van der Waals surface area contributed by atoms with E-state index in [1.165, 1.54) is 0 Å². The van der Waals surface area contributed by atoms with Gasteiger partial charge in [0.25, 0.3) is 0 Å². The first-order valence-electron chi connectivity index (χ1n) is 7.38. The van der Waals surface area contributed by atoms with Crippen LogP contribution in [0.2, 0.25) is 5.02 Å². The van der Waals surface area contributed by atoms with Gasteiger partial charge >= 0.3 is 0 Å². The first kappa shape index (κ1) is 14.5. The molecule has 0 atom stereocenters. The second-order valence-corrected chi connectivity index (χ2v) is 5.91. The summed E-state index contributed by atoms with van der Waals surface area (Å²) in [6.45, 7) is 0. The minimum absolute atomic E-state index is 0.446. The molecule has 6 heteroatoms. The SMILES string of the molecule is Nc1cc(-c2cc(-c3ccccc3Cl)c3[nH]nc(N)c3c2)ccn1. The number of halogens is 1. The van der Waals surface area contributed by atoms with Gasteiger partial charge in [0.05, 0.1) is 5.52 Å². The smallest absolute Gasteiger partial charge is 0.153 e. The van der Waals surface area contributed by atoms with E-state index < -0.39 is 0 Å². The van der Waals surface area contributed by atoms with Crippen LogP contribution in [-0.2, 0) is 0 Å². The number of fused-ring (bicyclic) bond motifs is 1. The fourth-order valence-electron chi connectivity index (χ4n) is 2.83. The van der Waals surface area contributed by atoms with Crippen LogP contribution in [-0.4, -0.2) is 15.2 Å². The molecule has 0 radical (unpaired) electrons. The molecule has 0 fully saturated rings. The topological polar surface area (TPSA) is 93.6 Å². The van der Waals surface area contributed by atoms with Crippen LogP contribution in [0.3, 0.4) is 0 Å². The highest BCUT2D eigenvalue weighted by molar-refractivity contribution is 6.33. The van der Waals surface area contributed by atoms with E-state index in [0.717, 1.165) is 33.2 Å². The highest BCUT2D eigenvalue weighted by Gasteiger charge is 2.14. The minimum Gasteiger partial charge on any atom is -0.384 e. The lowest BCUT2D eigenvalue weighted by molar-refractivity contribution is 1.13. The number of aromatic nitrogens is 3. The van der Waals surface area contributed by atoms with Crippen LogP contribution in [0.15, 0.2) is 54.7 Å². The van der Waals surface area contributed by atoms with E-state index in [2.05, 4.69) is 21.2 Å². The van der Waals surface area contributed by atoms with Crippen molar-refractivity contribution in [2.45, 2.75) is 0 Å². The molecule has 2 aromatic carbocycles. The van der Waals surface area contributed by atoms with E-state index in [1.807, 2.05) is 42.5 Å². The molecule has 4 rings (SSSR count). The standard InChI is InChI=1S/C18H14ClN5/c19-15-4-2-1-3-12(15)13-7-11(10-5-6-22-16(20)9-10)8-14-17(13)23-24-18(14)21/h1-9H,(H2,20,22)(H3,21,23,24). The number of nitrogens with zero attached hydrogens (tertiary/aromatic N) is 2. The van der Waals surface area contributed by atoms with Gasteiger partial charge in [-0.05, 0) is 41.5 Å². The largest absolute Gasteiger partial charge is 0.384 e. The summed E-state index contributed by atoms with van der Waals surface area (Å²) in [5.41, 5.74) is 16.5. The molecular formula is C18H14ClN5. The number of benzene rings is 2. The predicted molar refractivity (Wildman–Crippen MR) is 98.6 cm³/mol. The Balaban J connectivity index is 2.04. The van der Waals surface area contributed by atoms with Crippen molar-refractivity contribution < 1.29 is 0 Å². The molecule has 2 heterocycles. The third kappa shape index (κ3) is 2.35. The molecule has 0 amide bonds. The average molecular weight is 336 g/mol. The highest BCUT2D eigenvalue weighted by atomic mass is 35.5. The summed E-state index contributed by atoms with van der Waals surface area (Å²) in [6.07, 6.45) is 1.68. The lowest BCUT2D eigenvalue weighted by Gasteiger charge is -2.10. The Bertz CT molecular complexity index is 1050. The van der Waals surface area contributed by atoms with Crippen molar-refractivity contribution in [3.8, 4) is 22.3 Å². The first-order valence-corrected chi connectivity index (χ1v) is 7.75. The number of aromatic amines is 1. The number of nitrogen functional groups attached to an aromatic ring is 2. The lowest BCUT2D eigenvalue weighted by Crippen LogP contribution is -1.91. The lowest BCUT2D eigenvalue weighted by atomic mass is 9.96. The van der Waals surface area contributed by atoms with Gasteiger partial charge in [-0.25, -0.2) is 4.98 Å². The van der Waals surface area contributed by atoms with Crippen LogP contribution >= 0.6 is 11.6 Å². The summed E-state index contributed by atoms with van der Waals surface area (Å²) >= 11 is 6.39. The van der Waals surface area contributed by atoms with Gasteiger partial charge in [-0.1, -0.05) is 29.8 Å². The number of pyridine rings is 1. The third-order valence-corrected chi connectivity index (χ3v) is 4.31. The normalized spacial score (nSPS) is 11.0. The van der Waals surface area contributed by atoms with E-state index in [1.54, 1.807) is 6.20 Å². The molecule has 0 spiro atoms. The average Bonchev–Trinajstić information content (AvgIpc) is 2.96. The molecule has 5 N–H and O–H groups in total. The molecular weight excluding hydrogens is 322 g/mol. The van der Waals surface area contributed by atoms with Crippen LogP contribution < -0.4 is 11.5 Å². The van der Waals surface area contributed by atoms with Crippen LogP contribution in [0.25, 0.3) is 33.2 Å². The molecule has 0 aliphatic carbocycles. The Morgan fingerprint density at radius 3 is 2.54 bits per heavy atom. The van der Waals surface area contributed by atoms with E-state index in [4.69, 9.17) is 23.1 Å². The number of H-pyrrole nitrogens is 1. The Morgan fingerprint density at radius 1 is 0.917 bits per heavy atom. The monoisotopic (exact) mass is 335 g/mol. The minimum atomic E-state index is 0.446. The number of nitrogens with one attached hydrogen (secondary N) is 1. The molecule has 24 heavy (non-hydrogen) atoms. The van der Waals surface area contributed by atoms with Crippen molar-refractivity contribution in [2.24, 2.45) is 0 Å². The summed E-state index contributed by atoms with van der Waals surface area (Å²) in [7, 11) is 0. The summed E-state index contributed by atoms with van der Waals surface area (Å²) in [5, 5.41) is 8.65. The van der Waals surface area contributed by atoms with E-state index in [-0.39, 0.29) is 0 Å². The second kappa shape index (κ2) is 5.54. The summed E-state index contributed by atoms with van der Waals surface area (Å²) in [4.78, 5) is 4.04. The van der Waals surface area contributed by atoms with Gasteiger partial charge in [0.2, 0.25) is 0 Å². The van der Waals surface area contributed by atoms with Crippen LogP contribution in [0.4, 0.5) is 11.6 Å². The van der Waals surface area contributed by atoms with Crippen molar-refractivity contribution in [3.63, 3.8) is 0 Å². The third-order valence-electron chi connectivity index (χ3n) is 3.98. The molecule has 0 aliphatic heterocycles. The van der Waals surface area contributed by atoms with Crippen molar-refractivity contribution >= 4 is 34.1 Å². The van der Waals surface area contributed by atoms with Gasteiger partial charge in [0, 0.05) is 27.7 Å². The van der Waals surface area contributed by atoms with E-state index >= 15 is 0 Å². The molecule has 0 saturated heterocycles. The number of anilines is 2. The van der Waals surface area contributed by atoms with Crippen LogP contribution in [0.1, 0.15) is 0 Å². The van der Waals surface area contributed by atoms with Crippen LogP contribution in [0.5, 0.6) is 0 Å². The maximum absolute atomic E-state index is 6.39. The number of rotatable bonds is 2. The van der Waals surface area contributed by atoms with E-state index in [0.29, 0.717) is 16.7 Å². The zero-order valence-electron chi connectivity index (χ0n) is 12.6. The van der Waals surface area contributed by atoms with Crippen molar-refractivity contribution in [1.29, 1.82) is 0 Å². The molecule has 0 unspecified atom stereocenters. The fourth-order valence-corrected chi connectivity index (χ4v) is 3.07. The first-order chi connectivity index (χ1) is 11.6. The summed E-state index contributed by atoms with van der Waals surface area (Å²) in [6, 6.07) is 15.5. The fraction of sp³-hybridized carbons (Fsp3) is 0. The zero-order chi connectivity index (χ0) is 16.7. The van der Waals surface area contributed by atoms with Crippen molar-refractivity contribution in [3.05, 3.63) is 59.8 Å². The Hall–Kier alpha value is -3.05. The molecule has 0 bridgehead atoms. The molecule has 2 aromatic heterocycles. The summed E-state index contributed by atoms with van der Waals surface area (Å²) in [5.74, 6) is 0.911. The van der Waals surface area contributed by atoms with Gasteiger partial charge in [0.1, 0.15) is 5.82 Å². The van der Waals surface area contributed by atoms with E-state index in [9.17, 15) is 0 Å². The molecule has 0 aliphatic rings. The Kier molecular flexibility index (Phi) is 3.36. The number of nitrogens with two attached hydrogens (primary N) is 2. The Morgan fingerprint density at radius 2 is 1.75 bits per heavy atom. The van der Waals surface area contributed by atoms with Gasteiger partial charge in [-0.15, -0.1) is 0 Å². The van der Waals surface area contributed by atoms with Gasteiger partial charge in [-0.3, -0.25) is 5.10 Å². The molecule has 4 aromatic rings. The van der Waals surface area contributed by atoms with Crippen molar-refractivity contribution in [1.82, 2.24) is 15.2 Å².